The Labute approximate surface area is 143 Å². The summed E-state index contributed by atoms with van der Waals surface area (Å²) in [5.41, 5.74) is 0.685. The van der Waals surface area contributed by atoms with Gasteiger partial charge in [-0.05, 0) is 31.9 Å². The number of carbonyl (C=O) groups excluding carboxylic acids is 3. The zero-order valence-corrected chi connectivity index (χ0v) is 14.9. The quantitative estimate of drug-likeness (QED) is 0.866. The molecule has 1 aliphatic rings. The van der Waals surface area contributed by atoms with Crippen LogP contribution < -0.4 is 5.32 Å². The first-order valence-corrected chi connectivity index (χ1v) is 8.40. The molecule has 0 bridgehead atoms. The van der Waals surface area contributed by atoms with Gasteiger partial charge in [-0.2, -0.15) is 0 Å². The molecule has 1 aromatic carbocycles. The third-order valence-corrected chi connectivity index (χ3v) is 4.36. The van der Waals surface area contributed by atoms with Gasteiger partial charge in [0.2, 0.25) is 11.8 Å². The first-order chi connectivity index (χ1) is 11.2. The second-order valence-corrected chi connectivity index (χ2v) is 7.41. The minimum Gasteiger partial charge on any atom is -0.342 e. The number of amides is 2. The number of carbonyl (C=O) groups is 3. The number of Topliss-reactive ketones (excluding diaryl/α,β-unsaturated/α-hetero) is 1. The number of rotatable bonds is 3. The van der Waals surface area contributed by atoms with E-state index in [2.05, 4.69) is 5.32 Å². The van der Waals surface area contributed by atoms with Crippen LogP contribution >= 0.6 is 0 Å². The predicted molar refractivity (Wildman–Crippen MR) is 93.8 cm³/mol. The van der Waals surface area contributed by atoms with Gasteiger partial charge in [-0.3, -0.25) is 14.4 Å². The lowest BCUT2D eigenvalue weighted by atomic mass is 9.90. The lowest BCUT2D eigenvalue weighted by molar-refractivity contribution is -0.142. The van der Waals surface area contributed by atoms with E-state index in [1.54, 1.807) is 24.3 Å². The first kappa shape index (κ1) is 18.2. The van der Waals surface area contributed by atoms with Gasteiger partial charge in [-0.25, -0.2) is 0 Å². The van der Waals surface area contributed by atoms with E-state index < -0.39 is 5.41 Å². The van der Waals surface area contributed by atoms with Crippen LogP contribution in [0.4, 0.5) is 5.69 Å². The van der Waals surface area contributed by atoms with Crippen molar-refractivity contribution in [3.8, 4) is 0 Å². The second-order valence-electron chi connectivity index (χ2n) is 7.41. The molecule has 1 saturated heterocycles. The molecule has 130 valence electrons. The maximum Gasteiger partial charge on any atom is 0.227 e. The number of ketones is 1. The van der Waals surface area contributed by atoms with Crippen molar-refractivity contribution in [1.82, 2.24) is 4.90 Å². The van der Waals surface area contributed by atoms with Crippen molar-refractivity contribution in [2.24, 2.45) is 11.3 Å². The fraction of sp³-hybridized carbons (Fsp3) is 0.526. The fourth-order valence-electron chi connectivity index (χ4n) is 2.95. The molecule has 0 saturated carbocycles. The minimum absolute atomic E-state index is 0.0727. The molecule has 1 heterocycles. The standard InChI is InChI=1S/C19H26N2O3/c1-13(22)15-7-5-6-8-16(15)20-17(23)14-9-11-21(12-10-14)18(24)19(2,3)4/h5-8,14H,9-12H2,1-4H3,(H,20,23). The van der Waals surface area contributed by atoms with Crippen molar-refractivity contribution >= 4 is 23.3 Å². The van der Waals surface area contributed by atoms with Gasteiger partial charge in [0.05, 0.1) is 5.69 Å². The highest BCUT2D eigenvalue weighted by Crippen LogP contribution is 2.25. The van der Waals surface area contributed by atoms with E-state index in [0.717, 1.165) is 0 Å². The van der Waals surface area contributed by atoms with Gasteiger partial charge in [0.15, 0.2) is 5.78 Å². The number of anilines is 1. The molecule has 0 radical (unpaired) electrons. The maximum atomic E-state index is 12.5. The highest BCUT2D eigenvalue weighted by Gasteiger charge is 2.32. The van der Waals surface area contributed by atoms with Gasteiger partial charge in [0, 0.05) is 30.0 Å². The van der Waals surface area contributed by atoms with Crippen molar-refractivity contribution in [2.75, 3.05) is 18.4 Å². The fourth-order valence-corrected chi connectivity index (χ4v) is 2.95. The van der Waals surface area contributed by atoms with Gasteiger partial charge in [0.1, 0.15) is 0 Å². The van der Waals surface area contributed by atoms with Crippen molar-refractivity contribution < 1.29 is 14.4 Å². The van der Waals surface area contributed by atoms with Crippen LogP contribution in [0, 0.1) is 11.3 Å². The molecule has 0 unspecified atom stereocenters. The zero-order chi connectivity index (χ0) is 17.9. The summed E-state index contributed by atoms with van der Waals surface area (Å²) >= 11 is 0. The van der Waals surface area contributed by atoms with Crippen LogP contribution in [0.5, 0.6) is 0 Å². The maximum absolute atomic E-state index is 12.5. The lowest BCUT2D eigenvalue weighted by Gasteiger charge is -2.35. The van der Waals surface area contributed by atoms with Crippen molar-refractivity contribution in [2.45, 2.75) is 40.5 Å². The third-order valence-electron chi connectivity index (χ3n) is 4.36. The molecular formula is C19H26N2O3. The number of benzene rings is 1. The summed E-state index contributed by atoms with van der Waals surface area (Å²) in [6, 6.07) is 7.03. The minimum atomic E-state index is -0.393. The van der Waals surface area contributed by atoms with Gasteiger partial charge < -0.3 is 10.2 Å². The van der Waals surface area contributed by atoms with Gasteiger partial charge in [-0.1, -0.05) is 32.9 Å². The molecule has 1 aromatic rings. The molecule has 24 heavy (non-hydrogen) atoms. The smallest absolute Gasteiger partial charge is 0.227 e. The van der Waals surface area contributed by atoms with E-state index in [-0.39, 0.29) is 23.5 Å². The first-order valence-electron chi connectivity index (χ1n) is 8.40. The predicted octanol–water partition coefficient (Wildman–Crippen LogP) is 3.11. The number of hydrogen-bond donors (Lipinski definition) is 1. The summed E-state index contributed by atoms with van der Waals surface area (Å²) in [4.78, 5) is 38.3. The van der Waals surface area contributed by atoms with E-state index in [1.807, 2.05) is 25.7 Å². The summed E-state index contributed by atoms with van der Waals surface area (Å²) in [6.07, 6.45) is 1.30. The van der Waals surface area contributed by atoms with Crippen LogP contribution in [0.15, 0.2) is 24.3 Å². The molecule has 1 aliphatic heterocycles. The molecule has 1 fully saturated rings. The number of hydrogen-bond acceptors (Lipinski definition) is 3. The van der Waals surface area contributed by atoms with E-state index in [1.165, 1.54) is 6.92 Å². The second kappa shape index (κ2) is 7.16. The van der Waals surface area contributed by atoms with Crippen molar-refractivity contribution in [3.05, 3.63) is 29.8 Å². The molecule has 0 aliphatic carbocycles. The number of piperidine rings is 1. The Kier molecular flexibility index (Phi) is 5.42. The van der Waals surface area contributed by atoms with Gasteiger partial charge in [-0.15, -0.1) is 0 Å². The average Bonchev–Trinajstić information content (AvgIpc) is 2.53. The number of likely N-dealkylation sites (tertiary alicyclic amines) is 1. The topological polar surface area (TPSA) is 66.5 Å². The van der Waals surface area contributed by atoms with Crippen LogP contribution in [0.25, 0.3) is 0 Å². The summed E-state index contributed by atoms with van der Waals surface area (Å²) in [5, 5.41) is 2.87. The average molecular weight is 330 g/mol. The van der Waals surface area contributed by atoms with Crippen LogP contribution in [0.1, 0.15) is 50.9 Å². The summed E-state index contributed by atoms with van der Waals surface area (Å²) in [7, 11) is 0. The number of nitrogens with zero attached hydrogens (tertiary/aromatic N) is 1. The molecule has 2 rings (SSSR count). The van der Waals surface area contributed by atoms with Crippen LogP contribution in [-0.4, -0.2) is 35.6 Å². The lowest BCUT2D eigenvalue weighted by Crippen LogP contribution is -2.45. The number of nitrogens with one attached hydrogen (secondary N) is 1. The summed E-state index contributed by atoms with van der Waals surface area (Å²) in [6.45, 7) is 8.42. The zero-order valence-electron chi connectivity index (χ0n) is 14.9. The van der Waals surface area contributed by atoms with Gasteiger partial charge >= 0.3 is 0 Å². The molecular weight excluding hydrogens is 304 g/mol. The SMILES string of the molecule is CC(=O)c1ccccc1NC(=O)C1CCN(C(=O)C(C)(C)C)CC1. The Hall–Kier alpha value is -2.17. The summed E-state index contributed by atoms with van der Waals surface area (Å²) < 4.78 is 0. The highest BCUT2D eigenvalue weighted by molar-refractivity contribution is 6.04. The Morgan fingerprint density at radius 3 is 2.21 bits per heavy atom. The normalized spacial score (nSPS) is 15.9. The molecule has 5 heteroatoms. The highest BCUT2D eigenvalue weighted by atomic mass is 16.2. The van der Waals surface area contributed by atoms with Crippen LogP contribution in [-0.2, 0) is 9.59 Å². The molecule has 2 amide bonds. The van der Waals surface area contributed by atoms with Crippen molar-refractivity contribution in [1.29, 1.82) is 0 Å². The van der Waals surface area contributed by atoms with Gasteiger partial charge in [0.25, 0.3) is 0 Å². The Morgan fingerprint density at radius 1 is 1.08 bits per heavy atom. The van der Waals surface area contributed by atoms with Crippen LogP contribution in [0.2, 0.25) is 0 Å². The molecule has 0 aromatic heterocycles. The molecule has 0 atom stereocenters. The van der Waals surface area contributed by atoms with Crippen molar-refractivity contribution in [3.63, 3.8) is 0 Å². The third kappa shape index (κ3) is 4.22. The monoisotopic (exact) mass is 330 g/mol. The van der Waals surface area contributed by atoms with E-state index in [4.69, 9.17) is 0 Å². The molecule has 0 spiro atoms. The Balaban J connectivity index is 1.97. The van der Waals surface area contributed by atoms with E-state index in [0.29, 0.717) is 37.2 Å². The number of para-hydroxylation sites is 1. The van der Waals surface area contributed by atoms with Crippen LogP contribution in [0.3, 0.4) is 0 Å². The largest absolute Gasteiger partial charge is 0.342 e. The Morgan fingerprint density at radius 2 is 1.67 bits per heavy atom. The van der Waals surface area contributed by atoms with E-state index >= 15 is 0 Å². The summed E-state index contributed by atoms with van der Waals surface area (Å²) in [5.74, 6) is -0.152. The molecule has 1 N–H and O–H groups in total. The molecule has 5 nitrogen and oxygen atoms in total. The van der Waals surface area contributed by atoms with E-state index in [9.17, 15) is 14.4 Å². The Bertz CT molecular complexity index is 638.